The van der Waals surface area contributed by atoms with Crippen LogP contribution in [0.3, 0.4) is 0 Å². The normalized spacial score (nSPS) is 10.9. The fourth-order valence-corrected chi connectivity index (χ4v) is 2.98. The Kier molecular flexibility index (Phi) is 4.71. The third-order valence-corrected chi connectivity index (χ3v) is 4.33. The molecule has 1 aromatic carbocycles. The van der Waals surface area contributed by atoms with Crippen LogP contribution in [0, 0.1) is 6.92 Å². The topological polar surface area (TPSA) is 95.8 Å². The van der Waals surface area contributed by atoms with Gasteiger partial charge in [0.25, 0.3) is 0 Å². The molecule has 0 fully saturated rings. The number of amides is 1. The Hall–Kier alpha value is -3.22. The Morgan fingerprint density at radius 1 is 1.35 bits per heavy atom. The molecule has 3 rings (SSSR count). The quantitative estimate of drug-likeness (QED) is 0.708. The number of carboxylic acids is 1. The molecule has 2 aromatic heterocycles. The highest BCUT2D eigenvalue weighted by atomic mass is 16.5. The molecule has 26 heavy (non-hydrogen) atoms. The van der Waals surface area contributed by atoms with E-state index < -0.39 is 5.97 Å². The van der Waals surface area contributed by atoms with Gasteiger partial charge < -0.3 is 24.1 Å². The zero-order valence-electron chi connectivity index (χ0n) is 14.8. The van der Waals surface area contributed by atoms with Gasteiger partial charge in [0.05, 0.1) is 20.1 Å². The number of benzene rings is 1. The van der Waals surface area contributed by atoms with E-state index in [4.69, 9.17) is 14.3 Å². The Balaban J connectivity index is 1.76. The number of nitrogens with one attached hydrogen (secondary N) is 1. The number of fused-ring (bicyclic) bond motifs is 1. The van der Waals surface area contributed by atoms with E-state index in [0.29, 0.717) is 17.3 Å². The van der Waals surface area contributed by atoms with Crippen molar-refractivity contribution in [3.8, 4) is 5.75 Å². The molecular weight excluding hydrogens is 336 g/mol. The molecule has 0 unspecified atom stereocenters. The number of nitrogens with zero attached hydrogens (tertiary/aromatic N) is 1. The number of aromatic nitrogens is 1. The second-order valence-corrected chi connectivity index (χ2v) is 6.11. The van der Waals surface area contributed by atoms with Crippen LogP contribution in [0.2, 0.25) is 0 Å². The average molecular weight is 356 g/mol. The van der Waals surface area contributed by atoms with Gasteiger partial charge in [-0.1, -0.05) is 6.07 Å². The summed E-state index contributed by atoms with van der Waals surface area (Å²) in [6.45, 7) is 1.79. The average Bonchev–Trinajstić information content (AvgIpc) is 3.18. The lowest BCUT2D eigenvalue weighted by atomic mass is 10.1. The highest BCUT2D eigenvalue weighted by Gasteiger charge is 2.19. The van der Waals surface area contributed by atoms with Crippen molar-refractivity contribution in [1.29, 1.82) is 0 Å². The molecule has 0 radical (unpaired) electrons. The second kappa shape index (κ2) is 6.95. The molecule has 2 N–H and O–H groups in total. The second-order valence-electron chi connectivity index (χ2n) is 6.11. The molecule has 0 bridgehead atoms. The highest BCUT2D eigenvalue weighted by molar-refractivity contribution is 5.93. The van der Waals surface area contributed by atoms with Crippen LogP contribution in [0.5, 0.6) is 5.75 Å². The van der Waals surface area contributed by atoms with Crippen LogP contribution in [-0.2, 0) is 17.8 Å². The van der Waals surface area contributed by atoms with E-state index in [1.54, 1.807) is 27.3 Å². The van der Waals surface area contributed by atoms with Crippen molar-refractivity contribution in [3.05, 3.63) is 53.1 Å². The van der Waals surface area contributed by atoms with Crippen LogP contribution in [0.4, 0.5) is 0 Å². The van der Waals surface area contributed by atoms with Crippen molar-refractivity contribution < 1.29 is 23.8 Å². The smallest absolute Gasteiger partial charge is 0.339 e. The molecule has 136 valence electrons. The lowest BCUT2D eigenvalue weighted by Crippen LogP contribution is -2.27. The SMILES string of the molecule is COc1cccc2[nH]cc(CC(=O)N(C)Cc3cc(C(=O)O)c(C)o3)c12. The molecule has 0 spiro atoms. The number of hydrogen-bond acceptors (Lipinski definition) is 4. The summed E-state index contributed by atoms with van der Waals surface area (Å²) in [7, 11) is 3.26. The summed E-state index contributed by atoms with van der Waals surface area (Å²) >= 11 is 0. The minimum Gasteiger partial charge on any atom is -0.496 e. The number of rotatable bonds is 6. The van der Waals surface area contributed by atoms with E-state index in [-0.39, 0.29) is 24.4 Å². The maximum Gasteiger partial charge on any atom is 0.339 e. The molecule has 0 aliphatic heterocycles. The molecule has 2 heterocycles. The standard InChI is InChI=1S/C19H20N2O5/c1-11-14(19(23)24)8-13(26-11)10-21(2)17(22)7-12-9-20-15-5-4-6-16(25-3)18(12)15/h4-6,8-9,20H,7,10H2,1-3H3,(H,23,24). The van der Waals surface area contributed by atoms with Gasteiger partial charge in [-0.15, -0.1) is 0 Å². The fraction of sp³-hybridized carbons (Fsp3) is 0.263. The first-order valence-corrected chi connectivity index (χ1v) is 8.10. The molecule has 0 saturated carbocycles. The first-order chi connectivity index (χ1) is 12.4. The number of furan rings is 1. The van der Waals surface area contributed by atoms with E-state index in [0.717, 1.165) is 16.5 Å². The van der Waals surface area contributed by atoms with Gasteiger partial charge in [-0.25, -0.2) is 4.79 Å². The van der Waals surface area contributed by atoms with Crippen molar-refractivity contribution in [2.24, 2.45) is 0 Å². The van der Waals surface area contributed by atoms with Crippen molar-refractivity contribution in [2.45, 2.75) is 19.9 Å². The van der Waals surface area contributed by atoms with Gasteiger partial charge in [0.15, 0.2) is 0 Å². The number of carbonyl (C=O) groups is 2. The van der Waals surface area contributed by atoms with E-state index in [1.165, 1.54) is 11.0 Å². The Labute approximate surface area is 150 Å². The van der Waals surface area contributed by atoms with Crippen molar-refractivity contribution in [3.63, 3.8) is 0 Å². The van der Waals surface area contributed by atoms with Crippen LogP contribution < -0.4 is 4.74 Å². The van der Waals surface area contributed by atoms with Crippen LogP contribution in [0.1, 0.15) is 27.4 Å². The van der Waals surface area contributed by atoms with Crippen LogP contribution >= 0.6 is 0 Å². The largest absolute Gasteiger partial charge is 0.496 e. The van der Waals surface area contributed by atoms with Gasteiger partial charge in [-0.3, -0.25) is 4.79 Å². The Bertz CT molecular complexity index is 970. The molecule has 0 saturated heterocycles. The van der Waals surface area contributed by atoms with E-state index >= 15 is 0 Å². The van der Waals surface area contributed by atoms with Gasteiger partial charge >= 0.3 is 5.97 Å². The predicted molar refractivity (Wildman–Crippen MR) is 95.4 cm³/mol. The monoisotopic (exact) mass is 356 g/mol. The zero-order valence-corrected chi connectivity index (χ0v) is 14.8. The van der Waals surface area contributed by atoms with Gasteiger partial charge in [-0.05, 0) is 30.7 Å². The number of aryl methyl sites for hydroxylation is 1. The van der Waals surface area contributed by atoms with Gasteiger partial charge in [0.1, 0.15) is 22.8 Å². The Morgan fingerprint density at radius 3 is 2.77 bits per heavy atom. The third-order valence-electron chi connectivity index (χ3n) is 4.33. The number of methoxy groups -OCH3 is 1. The summed E-state index contributed by atoms with van der Waals surface area (Å²) < 4.78 is 10.8. The molecule has 3 aromatic rings. The maximum atomic E-state index is 12.6. The first-order valence-electron chi connectivity index (χ1n) is 8.10. The van der Waals surface area contributed by atoms with Gasteiger partial charge in [0.2, 0.25) is 5.91 Å². The summed E-state index contributed by atoms with van der Waals surface area (Å²) in [5.74, 6) is 0.323. The summed E-state index contributed by atoms with van der Waals surface area (Å²) in [4.78, 5) is 28.3. The predicted octanol–water partition coefficient (Wildman–Crippen LogP) is 2.98. The third kappa shape index (κ3) is 3.28. The van der Waals surface area contributed by atoms with Crippen LogP contribution in [0.15, 0.2) is 34.9 Å². The number of H-pyrrole nitrogens is 1. The number of aromatic carboxylic acids is 1. The lowest BCUT2D eigenvalue weighted by molar-refractivity contribution is -0.129. The zero-order chi connectivity index (χ0) is 18.8. The van der Waals surface area contributed by atoms with Crippen molar-refractivity contribution >= 4 is 22.8 Å². The summed E-state index contributed by atoms with van der Waals surface area (Å²) in [6, 6.07) is 7.12. The van der Waals surface area contributed by atoms with E-state index in [9.17, 15) is 9.59 Å². The molecule has 1 amide bonds. The number of ether oxygens (including phenoxy) is 1. The Morgan fingerprint density at radius 2 is 2.12 bits per heavy atom. The van der Waals surface area contributed by atoms with Gasteiger partial charge in [0, 0.05) is 24.1 Å². The molecule has 0 aliphatic rings. The van der Waals surface area contributed by atoms with E-state index in [1.807, 2.05) is 18.2 Å². The van der Waals surface area contributed by atoms with Crippen molar-refractivity contribution in [2.75, 3.05) is 14.2 Å². The lowest BCUT2D eigenvalue weighted by Gasteiger charge is -2.15. The fourth-order valence-electron chi connectivity index (χ4n) is 2.98. The summed E-state index contributed by atoms with van der Waals surface area (Å²) in [5.41, 5.74) is 1.86. The number of carboxylic acid groups (broad SMARTS) is 1. The molecular formula is C19H20N2O5. The first kappa shape index (κ1) is 17.6. The molecule has 0 aliphatic carbocycles. The summed E-state index contributed by atoms with van der Waals surface area (Å²) in [6.07, 6.45) is 2.00. The molecule has 0 atom stereocenters. The number of hydrogen-bond donors (Lipinski definition) is 2. The molecule has 7 nitrogen and oxygen atoms in total. The minimum atomic E-state index is -1.04. The van der Waals surface area contributed by atoms with Crippen LogP contribution in [0.25, 0.3) is 10.9 Å². The highest BCUT2D eigenvalue weighted by Crippen LogP contribution is 2.29. The maximum absolute atomic E-state index is 12.6. The summed E-state index contributed by atoms with van der Waals surface area (Å²) in [5, 5.41) is 9.98. The number of aromatic amines is 1. The number of likely N-dealkylation sites (N-methyl/N-ethyl adjacent to an activating group) is 1. The van der Waals surface area contributed by atoms with E-state index in [2.05, 4.69) is 4.98 Å². The van der Waals surface area contributed by atoms with Crippen molar-refractivity contribution in [1.82, 2.24) is 9.88 Å². The number of carbonyl (C=O) groups excluding carboxylic acids is 1. The van der Waals surface area contributed by atoms with Gasteiger partial charge in [-0.2, -0.15) is 0 Å². The molecule has 7 heteroatoms. The minimum absolute atomic E-state index is 0.109. The van der Waals surface area contributed by atoms with Crippen LogP contribution in [-0.4, -0.2) is 41.0 Å².